The number of benzene rings is 1. The molecule has 1 rings (SSSR count). The van der Waals surface area contributed by atoms with E-state index in [2.05, 4.69) is 5.32 Å². The number of halogens is 2. The normalized spacial score (nSPS) is 13.0. The molecule has 0 bridgehead atoms. The standard InChI is InChI=1S/C26H40Cl2N2O6/c1-17-8-9-20(26(10-12-27,11-13-28)35-22(29)32)18(14-17)15-19(16-21(31)34-24(2,3)4)30-23(33)36-25(5,6)7/h8-9,14,19H,10-13,15-16H2,1-7H3,(H2,29,32)(H,30,33)/t19-/m0/s1. The Morgan fingerprint density at radius 2 is 1.50 bits per heavy atom. The van der Waals surface area contributed by atoms with Crippen LogP contribution in [0.2, 0.25) is 0 Å². The van der Waals surface area contributed by atoms with Gasteiger partial charge in [-0.1, -0.05) is 23.8 Å². The molecular weight excluding hydrogens is 507 g/mol. The van der Waals surface area contributed by atoms with Crippen molar-refractivity contribution in [2.45, 2.75) is 97.0 Å². The molecule has 0 aliphatic carbocycles. The van der Waals surface area contributed by atoms with Crippen LogP contribution in [0.15, 0.2) is 18.2 Å². The molecule has 0 fully saturated rings. The number of amides is 2. The van der Waals surface area contributed by atoms with E-state index in [0.29, 0.717) is 5.56 Å². The maximum Gasteiger partial charge on any atom is 0.407 e. The zero-order valence-corrected chi connectivity index (χ0v) is 23.8. The van der Waals surface area contributed by atoms with Crippen molar-refractivity contribution >= 4 is 41.4 Å². The molecule has 0 radical (unpaired) electrons. The SMILES string of the molecule is Cc1ccc(C(CCCl)(CCCl)OC(N)=O)c(C[C@@H](CC(=O)OC(C)(C)C)NC(=O)OC(C)(C)C)c1. The summed E-state index contributed by atoms with van der Waals surface area (Å²) in [6.45, 7) is 12.5. The number of carbonyl (C=O) groups is 3. The lowest BCUT2D eigenvalue weighted by atomic mass is 9.82. The molecule has 1 aromatic rings. The molecule has 3 N–H and O–H groups in total. The van der Waals surface area contributed by atoms with E-state index in [1.807, 2.05) is 25.1 Å². The molecule has 0 saturated carbocycles. The van der Waals surface area contributed by atoms with Crippen LogP contribution >= 0.6 is 23.2 Å². The number of nitrogens with one attached hydrogen (secondary N) is 1. The van der Waals surface area contributed by atoms with Gasteiger partial charge in [0, 0.05) is 30.6 Å². The van der Waals surface area contributed by atoms with Crippen LogP contribution in [0.25, 0.3) is 0 Å². The number of alkyl halides is 2. The number of esters is 1. The highest BCUT2D eigenvalue weighted by atomic mass is 35.5. The van der Waals surface area contributed by atoms with Gasteiger partial charge in [-0.25, -0.2) is 9.59 Å². The maximum atomic E-state index is 12.7. The van der Waals surface area contributed by atoms with Crippen molar-refractivity contribution in [3.8, 4) is 0 Å². The number of ether oxygens (including phenoxy) is 3. The Hall–Kier alpha value is -2.19. The van der Waals surface area contributed by atoms with E-state index < -0.39 is 41.0 Å². The van der Waals surface area contributed by atoms with E-state index in [-0.39, 0.29) is 37.4 Å². The van der Waals surface area contributed by atoms with E-state index in [4.69, 9.17) is 43.1 Å². The van der Waals surface area contributed by atoms with Gasteiger partial charge in [0.15, 0.2) is 0 Å². The van der Waals surface area contributed by atoms with Gasteiger partial charge in [-0.3, -0.25) is 4.79 Å². The fourth-order valence-electron chi connectivity index (χ4n) is 3.88. The third-order valence-corrected chi connectivity index (χ3v) is 5.44. The number of carbonyl (C=O) groups excluding carboxylic acids is 3. The second kappa shape index (κ2) is 13.4. The van der Waals surface area contributed by atoms with Crippen LogP contribution in [0, 0.1) is 6.92 Å². The van der Waals surface area contributed by atoms with Crippen molar-refractivity contribution in [2.24, 2.45) is 5.73 Å². The van der Waals surface area contributed by atoms with E-state index in [9.17, 15) is 14.4 Å². The highest BCUT2D eigenvalue weighted by molar-refractivity contribution is 6.18. The van der Waals surface area contributed by atoms with Crippen LogP contribution in [0.4, 0.5) is 9.59 Å². The predicted molar refractivity (Wildman–Crippen MR) is 142 cm³/mol. The first-order valence-corrected chi connectivity index (χ1v) is 13.0. The number of nitrogens with two attached hydrogens (primary N) is 1. The summed E-state index contributed by atoms with van der Waals surface area (Å²) in [5.74, 6) is -0.0943. The summed E-state index contributed by atoms with van der Waals surface area (Å²) in [7, 11) is 0. The molecule has 0 aromatic heterocycles. The van der Waals surface area contributed by atoms with Gasteiger partial charge in [-0.05, 0) is 66.0 Å². The minimum atomic E-state index is -1.17. The van der Waals surface area contributed by atoms with Gasteiger partial charge in [0.25, 0.3) is 0 Å². The molecule has 0 aliphatic heterocycles. The van der Waals surface area contributed by atoms with Gasteiger partial charge < -0.3 is 25.3 Å². The minimum absolute atomic E-state index is 0.0986. The maximum absolute atomic E-state index is 12.7. The van der Waals surface area contributed by atoms with Crippen LogP contribution in [0.3, 0.4) is 0 Å². The largest absolute Gasteiger partial charge is 0.460 e. The summed E-state index contributed by atoms with van der Waals surface area (Å²) in [6.07, 6.45) is -0.935. The summed E-state index contributed by atoms with van der Waals surface area (Å²) >= 11 is 12.2. The topological polar surface area (TPSA) is 117 Å². The number of hydrogen-bond acceptors (Lipinski definition) is 6. The van der Waals surface area contributed by atoms with Crippen molar-refractivity contribution in [1.29, 1.82) is 0 Å². The van der Waals surface area contributed by atoms with Crippen molar-refractivity contribution in [2.75, 3.05) is 11.8 Å². The minimum Gasteiger partial charge on any atom is -0.460 e. The van der Waals surface area contributed by atoms with Gasteiger partial charge in [0.2, 0.25) is 0 Å². The highest BCUT2D eigenvalue weighted by Crippen LogP contribution is 2.37. The van der Waals surface area contributed by atoms with Gasteiger partial charge in [0.1, 0.15) is 16.8 Å². The molecule has 2 amide bonds. The Morgan fingerprint density at radius 1 is 0.944 bits per heavy atom. The Labute approximate surface area is 224 Å². The zero-order valence-electron chi connectivity index (χ0n) is 22.3. The Balaban J connectivity index is 3.48. The molecule has 10 heteroatoms. The average molecular weight is 548 g/mol. The smallest absolute Gasteiger partial charge is 0.407 e. The van der Waals surface area contributed by atoms with Crippen molar-refractivity contribution in [1.82, 2.24) is 5.32 Å². The van der Waals surface area contributed by atoms with E-state index in [1.165, 1.54) is 0 Å². The third kappa shape index (κ3) is 11.2. The fourth-order valence-corrected chi connectivity index (χ4v) is 4.49. The molecular formula is C26H40Cl2N2O6. The zero-order chi connectivity index (χ0) is 27.7. The summed E-state index contributed by atoms with van der Waals surface area (Å²) in [6, 6.07) is 4.96. The van der Waals surface area contributed by atoms with Crippen molar-refractivity contribution < 1.29 is 28.6 Å². The fraction of sp³-hybridized carbons (Fsp3) is 0.654. The molecule has 0 heterocycles. The van der Waals surface area contributed by atoms with E-state index in [0.717, 1.165) is 11.1 Å². The Bertz CT molecular complexity index is 873. The molecule has 204 valence electrons. The number of primary amides is 1. The first-order valence-electron chi connectivity index (χ1n) is 11.9. The highest BCUT2D eigenvalue weighted by Gasteiger charge is 2.38. The Kier molecular flexibility index (Phi) is 11.8. The molecule has 0 unspecified atom stereocenters. The monoisotopic (exact) mass is 546 g/mol. The molecule has 36 heavy (non-hydrogen) atoms. The van der Waals surface area contributed by atoms with E-state index >= 15 is 0 Å². The second-order valence-corrected chi connectivity index (χ2v) is 11.5. The van der Waals surface area contributed by atoms with Crippen LogP contribution in [0.1, 0.15) is 77.5 Å². The quantitative estimate of drug-likeness (QED) is 0.208. The summed E-state index contributed by atoms with van der Waals surface area (Å²) in [4.78, 5) is 37.2. The molecule has 0 spiro atoms. The van der Waals surface area contributed by atoms with Crippen molar-refractivity contribution in [3.63, 3.8) is 0 Å². The summed E-state index contributed by atoms with van der Waals surface area (Å²) < 4.78 is 16.5. The third-order valence-electron chi connectivity index (χ3n) is 5.06. The molecule has 8 nitrogen and oxygen atoms in total. The molecule has 1 atom stereocenters. The lowest BCUT2D eigenvalue weighted by Gasteiger charge is -2.35. The Morgan fingerprint density at radius 3 is 1.97 bits per heavy atom. The van der Waals surface area contributed by atoms with Crippen LogP contribution in [-0.4, -0.2) is 47.2 Å². The number of hydrogen-bond donors (Lipinski definition) is 2. The number of aryl methyl sites for hydroxylation is 1. The summed E-state index contributed by atoms with van der Waals surface area (Å²) in [5, 5.41) is 2.80. The van der Waals surface area contributed by atoms with Gasteiger partial charge in [-0.2, -0.15) is 0 Å². The van der Waals surface area contributed by atoms with Crippen LogP contribution < -0.4 is 11.1 Å². The van der Waals surface area contributed by atoms with Gasteiger partial charge >= 0.3 is 18.2 Å². The molecule has 1 aromatic carbocycles. The van der Waals surface area contributed by atoms with Crippen LogP contribution in [-0.2, 0) is 31.0 Å². The van der Waals surface area contributed by atoms with Crippen molar-refractivity contribution in [3.05, 3.63) is 34.9 Å². The first kappa shape index (κ1) is 31.8. The molecule has 0 saturated heterocycles. The lowest BCUT2D eigenvalue weighted by Crippen LogP contribution is -2.43. The summed E-state index contributed by atoms with van der Waals surface area (Å²) in [5.41, 5.74) is 5.19. The number of rotatable bonds is 11. The first-order chi connectivity index (χ1) is 16.5. The predicted octanol–water partition coefficient (Wildman–Crippen LogP) is 5.71. The number of alkyl carbamates (subject to hydrolysis) is 1. The lowest BCUT2D eigenvalue weighted by molar-refractivity contribution is -0.155. The van der Waals surface area contributed by atoms with Gasteiger partial charge in [0.05, 0.1) is 6.42 Å². The van der Waals surface area contributed by atoms with Gasteiger partial charge in [-0.15, -0.1) is 23.2 Å². The second-order valence-electron chi connectivity index (χ2n) is 10.8. The van der Waals surface area contributed by atoms with Crippen LogP contribution in [0.5, 0.6) is 0 Å². The van der Waals surface area contributed by atoms with E-state index in [1.54, 1.807) is 41.5 Å². The average Bonchev–Trinajstić information content (AvgIpc) is 2.64. The molecule has 0 aliphatic rings.